The summed E-state index contributed by atoms with van der Waals surface area (Å²) in [4.78, 5) is 49.3. The van der Waals surface area contributed by atoms with Gasteiger partial charge in [0, 0.05) is 0 Å². The Bertz CT molecular complexity index is 877. The van der Waals surface area contributed by atoms with Gasteiger partial charge in [-0.15, -0.1) is 0 Å². The van der Waals surface area contributed by atoms with Crippen LogP contribution in [0.2, 0.25) is 0 Å². The number of fused-ring (bicyclic) bond motifs is 1. The lowest BCUT2D eigenvalue weighted by molar-refractivity contribution is -0.179. The van der Waals surface area contributed by atoms with Crippen LogP contribution in [0.3, 0.4) is 0 Å². The van der Waals surface area contributed by atoms with Gasteiger partial charge in [-0.3, -0.25) is 14.4 Å². The fourth-order valence-electron chi connectivity index (χ4n) is 5.22. The maximum atomic E-state index is 12.9. The molecule has 0 spiro atoms. The molecular formula is C21H23F3O9. The second-order valence-electron chi connectivity index (χ2n) is 8.78. The summed E-state index contributed by atoms with van der Waals surface area (Å²) in [5, 5.41) is 0. The third kappa shape index (κ3) is 4.09. The van der Waals surface area contributed by atoms with E-state index < -0.39 is 83.9 Å². The summed E-state index contributed by atoms with van der Waals surface area (Å²) in [5.74, 6) is -5.70. The van der Waals surface area contributed by atoms with Crippen molar-refractivity contribution in [3.05, 3.63) is 12.2 Å². The van der Waals surface area contributed by atoms with Crippen molar-refractivity contribution in [2.75, 3.05) is 7.11 Å². The van der Waals surface area contributed by atoms with Crippen LogP contribution in [0.25, 0.3) is 0 Å². The Morgan fingerprint density at radius 2 is 1.79 bits per heavy atom. The number of carbonyl (C=O) groups excluding carboxylic acids is 4. The molecule has 0 radical (unpaired) electrons. The van der Waals surface area contributed by atoms with Gasteiger partial charge < -0.3 is 23.7 Å². The van der Waals surface area contributed by atoms with Crippen LogP contribution < -0.4 is 0 Å². The maximum Gasteiger partial charge on any atom is 0.422 e. The molecule has 0 aromatic carbocycles. The lowest BCUT2D eigenvalue weighted by Gasteiger charge is -2.37. The Morgan fingerprint density at radius 1 is 1.12 bits per heavy atom. The van der Waals surface area contributed by atoms with E-state index >= 15 is 0 Å². The number of hydrogen-bond acceptors (Lipinski definition) is 9. The number of esters is 4. The summed E-state index contributed by atoms with van der Waals surface area (Å²) in [7, 11) is 1.16. The van der Waals surface area contributed by atoms with E-state index in [1.54, 1.807) is 0 Å². The molecular weight excluding hydrogens is 453 g/mol. The molecule has 182 valence electrons. The molecule has 0 N–H and O–H groups in total. The van der Waals surface area contributed by atoms with Crippen LogP contribution in [0.4, 0.5) is 13.2 Å². The lowest BCUT2D eigenvalue weighted by Crippen LogP contribution is -2.49. The molecule has 0 aromatic rings. The Hall–Kier alpha value is -2.63. The summed E-state index contributed by atoms with van der Waals surface area (Å²) in [5.41, 5.74) is -3.14. The largest absolute Gasteiger partial charge is 0.469 e. The van der Waals surface area contributed by atoms with E-state index in [4.69, 9.17) is 23.7 Å². The Morgan fingerprint density at radius 3 is 2.39 bits per heavy atom. The van der Waals surface area contributed by atoms with Gasteiger partial charge >= 0.3 is 30.1 Å². The van der Waals surface area contributed by atoms with Gasteiger partial charge in [0.25, 0.3) is 0 Å². The van der Waals surface area contributed by atoms with Crippen LogP contribution in [-0.2, 0) is 42.9 Å². The molecule has 9 nitrogen and oxygen atoms in total. The predicted molar refractivity (Wildman–Crippen MR) is 99.1 cm³/mol. The number of hydrogen-bond donors (Lipinski definition) is 0. The molecule has 4 rings (SSSR count). The SMILES string of the molecule is C=C(C(=O)OC1(CC(=O)OC2C3OC(=O)C4C3OC2C4C(=O)OC)CCCCC1)C(F)(F)F. The van der Waals surface area contributed by atoms with Gasteiger partial charge in [-0.05, 0) is 25.7 Å². The van der Waals surface area contributed by atoms with Crippen molar-refractivity contribution < 1.29 is 56.0 Å². The fourth-order valence-corrected chi connectivity index (χ4v) is 5.22. The second-order valence-corrected chi connectivity index (χ2v) is 8.78. The van der Waals surface area contributed by atoms with Gasteiger partial charge in [0.2, 0.25) is 0 Å². The minimum Gasteiger partial charge on any atom is -0.469 e. The minimum absolute atomic E-state index is 0.178. The smallest absolute Gasteiger partial charge is 0.422 e. The molecule has 0 aromatic heterocycles. The Balaban J connectivity index is 1.47. The zero-order valence-electron chi connectivity index (χ0n) is 17.7. The van der Waals surface area contributed by atoms with Crippen LogP contribution in [-0.4, -0.2) is 67.2 Å². The van der Waals surface area contributed by atoms with Crippen molar-refractivity contribution in [2.24, 2.45) is 11.8 Å². The number of rotatable bonds is 6. The van der Waals surface area contributed by atoms with Gasteiger partial charge in [-0.1, -0.05) is 13.0 Å². The molecule has 1 saturated carbocycles. The first-order valence-corrected chi connectivity index (χ1v) is 10.6. The lowest BCUT2D eigenvalue weighted by atomic mass is 9.78. The average molecular weight is 476 g/mol. The highest BCUT2D eigenvalue weighted by molar-refractivity contribution is 5.90. The second kappa shape index (κ2) is 8.30. The topological polar surface area (TPSA) is 114 Å². The summed E-state index contributed by atoms with van der Waals surface area (Å²) >= 11 is 0. The van der Waals surface area contributed by atoms with E-state index in [2.05, 4.69) is 6.58 Å². The van der Waals surface area contributed by atoms with Crippen molar-refractivity contribution in [1.29, 1.82) is 0 Å². The number of halogens is 3. The van der Waals surface area contributed by atoms with Crippen molar-refractivity contribution in [1.82, 2.24) is 0 Å². The molecule has 6 unspecified atom stereocenters. The molecule has 0 amide bonds. The van der Waals surface area contributed by atoms with Crippen LogP contribution in [0, 0.1) is 11.8 Å². The first kappa shape index (κ1) is 23.5. The van der Waals surface area contributed by atoms with Gasteiger partial charge in [-0.25, -0.2) is 4.79 Å². The monoisotopic (exact) mass is 476 g/mol. The third-order valence-electron chi connectivity index (χ3n) is 6.77. The zero-order valence-corrected chi connectivity index (χ0v) is 17.7. The van der Waals surface area contributed by atoms with Gasteiger partial charge in [0.1, 0.15) is 35.2 Å². The van der Waals surface area contributed by atoms with Gasteiger partial charge in [-0.2, -0.15) is 13.2 Å². The molecule has 6 atom stereocenters. The molecule has 2 bridgehead atoms. The van der Waals surface area contributed by atoms with Crippen molar-refractivity contribution in [3.63, 3.8) is 0 Å². The number of ether oxygens (including phenoxy) is 5. The normalized spacial score (nSPS) is 33.9. The molecule has 33 heavy (non-hydrogen) atoms. The fraction of sp³-hybridized carbons (Fsp3) is 0.714. The molecule has 4 fully saturated rings. The Labute approximate surface area is 186 Å². The standard InChI is InChI=1S/C21H23F3O9/c1-9(21(22,23)24)17(26)33-20(6-4-3-5-7-20)8-10(25)30-15-13-11(18(27)29-2)12-14(31-13)16(15)32-19(12)28/h11-16H,1,3-8H2,2H3. The first-order chi connectivity index (χ1) is 15.5. The summed E-state index contributed by atoms with van der Waals surface area (Å²) in [6.07, 6.45) is -6.94. The molecule has 4 aliphatic rings. The number of carbonyl (C=O) groups is 4. The van der Waals surface area contributed by atoms with E-state index in [9.17, 15) is 32.3 Å². The highest BCUT2D eigenvalue weighted by Crippen LogP contribution is 2.51. The summed E-state index contributed by atoms with van der Waals surface area (Å²) in [6.45, 7) is 2.75. The minimum atomic E-state index is -4.96. The van der Waals surface area contributed by atoms with E-state index in [1.807, 2.05) is 0 Å². The first-order valence-electron chi connectivity index (χ1n) is 10.6. The molecule has 3 saturated heterocycles. The summed E-state index contributed by atoms with van der Waals surface area (Å²) in [6, 6.07) is 0. The van der Waals surface area contributed by atoms with Gasteiger partial charge in [0.05, 0.1) is 13.5 Å². The molecule has 3 aliphatic heterocycles. The maximum absolute atomic E-state index is 12.9. The van der Waals surface area contributed by atoms with Crippen LogP contribution in [0.5, 0.6) is 0 Å². The highest BCUT2D eigenvalue weighted by atomic mass is 19.4. The summed E-state index contributed by atoms with van der Waals surface area (Å²) < 4.78 is 64.9. The van der Waals surface area contributed by atoms with Crippen molar-refractivity contribution in [2.45, 2.75) is 74.7 Å². The highest BCUT2D eigenvalue weighted by Gasteiger charge is 2.72. The van der Waals surface area contributed by atoms with Crippen LogP contribution in [0.1, 0.15) is 38.5 Å². The van der Waals surface area contributed by atoms with E-state index in [-0.39, 0.29) is 12.8 Å². The van der Waals surface area contributed by atoms with E-state index in [0.29, 0.717) is 12.8 Å². The van der Waals surface area contributed by atoms with Crippen LogP contribution >= 0.6 is 0 Å². The van der Waals surface area contributed by atoms with Crippen molar-refractivity contribution in [3.8, 4) is 0 Å². The molecule has 12 heteroatoms. The molecule has 1 aliphatic carbocycles. The third-order valence-corrected chi connectivity index (χ3v) is 6.77. The predicted octanol–water partition coefficient (Wildman–Crippen LogP) is 1.76. The van der Waals surface area contributed by atoms with Crippen molar-refractivity contribution >= 4 is 23.9 Å². The Kier molecular flexibility index (Phi) is 5.92. The quantitative estimate of drug-likeness (QED) is 0.321. The van der Waals surface area contributed by atoms with E-state index in [1.165, 1.54) is 0 Å². The van der Waals surface area contributed by atoms with E-state index in [0.717, 1.165) is 13.5 Å². The van der Waals surface area contributed by atoms with Gasteiger partial charge in [0.15, 0.2) is 12.2 Å². The number of alkyl halides is 3. The zero-order chi connectivity index (χ0) is 24.1. The van der Waals surface area contributed by atoms with Crippen LogP contribution in [0.15, 0.2) is 12.2 Å². The molecule has 3 heterocycles. The number of methoxy groups -OCH3 is 1. The average Bonchev–Trinajstić information content (AvgIpc) is 3.36.